The third kappa shape index (κ3) is 2.81. The Bertz CT molecular complexity index is 354. The Labute approximate surface area is 105 Å². The van der Waals surface area contributed by atoms with Crippen LogP contribution in [0.15, 0.2) is 6.20 Å². The fraction of sp³-hybridized carbons (Fsp3) is 0.727. The van der Waals surface area contributed by atoms with Gasteiger partial charge in [-0.1, -0.05) is 17.8 Å². The molecule has 0 atom stereocenters. The largest absolute Gasteiger partial charge is 0.317 e. The van der Waals surface area contributed by atoms with E-state index < -0.39 is 0 Å². The quantitative estimate of drug-likeness (QED) is 0.857. The lowest BCUT2D eigenvalue weighted by Crippen LogP contribution is -2.44. The molecule has 0 saturated carbocycles. The zero-order valence-electron chi connectivity index (χ0n) is 10.0. The molecule has 0 radical (unpaired) electrons. The normalized spacial score (nSPS) is 18.9. The van der Waals surface area contributed by atoms with E-state index in [1.807, 2.05) is 0 Å². The van der Waals surface area contributed by atoms with Crippen molar-refractivity contribution in [1.29, 1.82) is 0 Å². The van der Waals surface area contributed by atoms with Gasteiger partial charge in [-0.2, -0.15) is 0 Å². The van der Waals surface area contributed by atoms with Crippen LogP contribution in [0.1, 0.15) is 32.6 Å². The van der Waals surface area contributed by atoms with Crippen molar-refractivity contribution in [2.75, 3.05) is 18.4 Å². The first kappa shape index (κ1) is 12.4. The van der Waals surface area contributed by atoms with Crippen LogP contribution >= 0.6 is 11.5 Å². The number of hydrogen-bond acceptors (Lipinski definition) is 5. The maximum Gasteiger partial charge on any atom is 0.231 e. The van der Waals surface area contributed by atoms with Crippen molar-refractivity contribution >= 4 is 22.4 Å². The highest BCUT2D eigenvalue weighted by Crippen LogP contribution is 2.35. The first-order valence-corrected chi connectivity index (χ1v) is 6.84. The summed E-state index contributed by atoms with van der Waals surface area (Å²) in [5.74, 6) is 0.131. The molecule has 0 aliphatic carbocycles. The summed E-state index contributed by atoms with van der Waals surface area (Å²) in [5.41, 5.74) is -0.204. The minimum atomic E-state index is -0.204. The van der Waals surface area contributed by atoms with Gasteiger partial charge in [0.2, 0.25) is 5.91 Å². The van der Waals surface area contributed by atoms with Crippen LogP contribution in [0.25, 0.3) is 0 Å². The molecule has 0 unspecified atom stereocenters. The number of nitrogens with zero attached hydrogens (tertiary/aromatic N) is 2. The van der Waals surface area contributed by atoms with Gasteiger partial charge in [-0.25, -0.2) is 0 Å². The molecule has 5 nitrogen and oxygen atoms in total. The number of carbonyl (C=O) groups is 1. The van der Waals surface area contributed by atoms with Crippen LogP contribution in [0, 0.1) is 5.41 Å². The van der Waals surface area contributed by atoms with Gasteiger partial charge in [0.25, 0.3) is 0 Å². The van der Waals surface area contributed by atoms with Gasteiger partial charge >= 0.3 is 0 Å². The van der Waals surface area contributed by atoms with Crippen LogP contribution in [0.3, 0.4) is 0 Å². The van der Waals surface area contributed by atoms with Crippen molar-refractivity contribution in [3.8, 4) is 0 Å². The standard InChI is InChI=1S/C11H18N4OS/c1-2-3-11(4-6-12-7-5-11)10(16)14-9-8-13-15-17-9/h8,12H,2-7H2,1H3,(H,14,16). The summed E-state index contributed by atoms with van der Waals surface area (Å²) >= 11 is 1.22. The molecule has 6 heteroatoms. The molecule has 1 aromatic heterocycles. The van der Waals surface area contributed by atoms with Crippen LogP contribution in [-0.2, 0) is 4.79 Å². The summed E-state index contributed by atoms with van der Waals surface area (Å²) in [5, 5.41) is 10.7. The first-order chi connectivity index (χ1) is 8.27. The first-order valence-electron chi connectivity index (χ1n) is 6.06. The number of aromatic nitrogens is 2. The predicted octanol–water partition coefficient (Wildman–Crippen LogP) is 1.65. The van der Waals surface area contributed by atoms with Crippen LogP contribution in [-0.4, -0.2) is 28.6 Å². The lowest BCUT2D eigenvalue weighted by atomic mass is 9.74. The van der Waals surface area contributed by atoms with E-state index in [9.17, 15) is 4.79 Å². The average Bonchev–Trinajstić information content (AvgIpc) is 2.83. The lowest BCUT2D eigenvalue weighted by Gasteiger charge is -2.35. The second kappa shape index (κ2) is 5.55. The minimum absolute atomic E-state index is 0.131. The summed E-state index contributed by atoms with van der Waals surface area (Å²) in [6.45, 7) is 3.98. The van der Waals surface area contributed by atoms with Crippen molar-refractivity contribution in [3.63, 3.8) is 0 Å². The van der Waals surface area contributed by atoms with E-state index in [0.717, 1.165) is 43.8 Å². The average molecular weight is 254 g/mol. The van der Waals surface area contributed by atoms with E-state index in [4.69, 9.17) is 0 Å². The van der Waals surface area contributed by atoms with E-state index >= 15 is 0 Å². The highest BCUT2D eigenvalue weighted by molar-refractivity contribution is 7.10. The predicted molar refractivity (Wildman–Crippen MR) is 68.0 cm³/mol. The Morgan fingerprint density at radius 1 is 1.59 bits per heavy atom. The van der Waals surface area contributed by atoms with Gasteiger partial charge in [-0.05, 0) is 32.4 Å². The molecular weight excluding hydrogens is 236 g/mol. The number of rotatable bonds is 4. The molecule has 1 aliphatic rings. The molecule has 0 aromatic carbocycles. The van der Waals surface area contributed by atoms with Gasteiger partial charge < -0.3 is 10.6 Å². The summed E-state index contributed by atoms with van der Waals surface area (Å²) in [6, 6.07) is 0. The summed E-state index contributed by atoms with van der Waals surface area (Å²) in [7, 11) is 0. The van der Waals surface area contributed by atoms with Gasteiger partial charge in [0.15, 0.2) is 0 Å². The monoisotopic (exact) mass is 254 g/mol. The van der Waals surface area contributed by atoms with Gasteiger partial charge in [0.1, 0.15) is 5.00 Å². The fourth-order valence-electron chi connectivity index (χ4n) is 2.44. The topological polar surface area (TPSA) is 66.9 Å². The van der Waals surface area contributed by atoms with E-state index in [-0.39, 0.29) is 11.3 Å². The van der Waals surface area contributed by atoms with Gasteiger partial charge in [0, 0.05) is 11.5 Å². The molecule has 1 aromatic rings. The number of hydrogen-bond donors (Lipinski definition) is 2. The Morgan fingerprint density at radius 2 is 2.35 bits per heavy atom. The summed E-state index contributed by atoms with van der Waals surface area (Å²) in [4.78, 5) is 12.4. The van der Waals surface area contributed by atoms with Crippen molar-refractivity contribution in [2.24, 2.45) is 5.41 Å². The van der Waals surface area contributed by atoms with Crippen molar-refractivity contribution < 1.29 is 4.79 Å². The van der Waals surface area contributed by atoms with Crippen molar-refractivity contribution in [3.05, 3.63) is 6.20 Å². The van der Waals surface area contributed by atoms with E-state index in [1.54, 1.807) is 6.20 Å². The van der Waals surface area contributed by atoms with Gasteiger partial charge in [0.05, 0.1) is 11.6 Å². The maximum atomic E-state index is 12.4. The molecule has 2 heterocycles. The highest BCUT2D eigenvalue weighted by atomic mass is 32.1. The number of nitrogens with one attached hydrogen (secondary N) is 2. The Hall–Kier alpha value is -1.01. The van der Waals surface area contributed by atoms with Gasteiger partial charge in [-0.15, -0.1) is 5.10 Å². The third-order valence-corrected chi connectivity index (χ3v) is 3.95. The molecule has 0 spiro atoms. The highest BCUT2D eigenvalue weighted by Gasteiger charge is 2.38. The van der Waals surface area contributed by atoms with E-state index in [1.165, 1.54) is 11.5 Å². The smallest absolute Gasteiger partial charge is 0.231 e. The number of carbonyl (C=O) groups excluding carboxylic acids is 1. The third-order valence-electron chi connectivity index (χ3n) is 3.37. The molecule has 17 heavy (non-hydrogen) atoms. The van der Waals surface area contributed by atoms with Gasteiger partial charge in [-0.3, -0.25) is 4.79 Å². The van der Waals surface area contributed by atoms with Crippen LogP contribution in [0.2, 0.25) is 0 Å². The van der Waals surface area contributed by atoms with Crippen molar-refractivity contribution in [1.82, 2.24) is 14.9 Å². The van der Waals surface area contributed by atoms with E-state index in [2.05, 4.69) is 27.1 Å². The Kier molecular flexibility index (Phi) is 4.06. The molecule has 1 fully saturated rings. The summed E-state index contributed by atoms with van der Waals surface area (Å²) < 4.78 is 3.75. The molecule has 2 N–H and O–H groups in total. The van der Waals surface area contributed by atoms with Crippen molar-refractivity contribution in [2.45, 2.75) is 32.6 Å². The fourth-order valence-corrected chi connectivity index (χ4v) is 2.86. The molecule has 1 aliphatic heterocycles. The maximum absolute atomic E-state index is 12.4. The summed E-state index contributed by atoms with van der Waals surface area (Å²) in [6.07, 6.45) is 5.42. The molecule has 0 bridgehead atoms. The number of piperidine rings is 1. The number of amides is 1. The number of anilines is 1. The molecule has 2 rings (SSSR count). The van der Waals surface area contributed by atoms with Crippen LogP contribution in [0.4, 0.5) is 5.00 Å². The van der Waals surface area contributed by atoms with Crippen LogP contribution in [0.5, 0.6) is 0 Å². The lowest BCUT2D eigenvalue weighted by molar-refractivity contribution is -0.127. The van der Waals surface area contributed by atoms with Crippen LogP contribution < -0.4 is 10.6 Å². The Balaban J connectivity index is 2.06. The zero-order chi connectivity index (χ0) is 12.1. The second-order valence-electron chi connectivity index (χ2n) is 4.52. The Morgan fingerprint density at radius 3 is 2.94 bits per heavy atom. The zero-order valence-corrected chi connectivity index (χ0v) is 10.8. The molecular formula is C11H18N4OS. The van der Waals surface area contributed by atoms with E-state index in [0.29, 0.717) is 0 Å². The molecule has 1 saturated heterocycles. The SMILES string of the molecule is CCCC1(C(=O)Nc2cnns2)CCNCC1. The second-order valence-corrected chi connectivity index (χ2v) is 5.30. The molecule has 1 amide bonds. The minimum Gasteiger partial charge on any atom is -0.317 e. The molecule has 94 valence electrons.